The van der Waals surface area contributed by atoms with Crippen LogP contribution in [0.15, 0.2) is 71.2 Å². The normalized spacial score (nSPS) is 11.4. The van der Waals surface area contributed by atoms with Crippen molar-refractivity contribution in [2.75, 3.05) is 0 Å². The molecular weight excluding hydrogens is 472 g/mol. The predicted octanol–water partition coefficient (Wildman–Crippen LogP) is 4.87. The van der Waals surface area contributed by atoms with Gasteiger partial charge in [-0.2, -0.15) is 0 Å². The van der Waals surface area contributed by atoms with Gasteiger partial charge in [-0.15, -0.1) is 0 Å². The van der Waals surface area contributed by atoms with Gasteiger partial charge in [0.2, 0.25) is 0 Å². The molecule has 0 aromatic heterocycles. The Morgan fingerprint density at radius 1 is 0.938 bits per heavy atom. The molecule has 0 bridgehead atoms. The highest BCUT2D eigenvalue weighted by Gasteiger charge is 2.19. The van der Waals surface area contributed by atoms with Crippen LogP contribution in [-0.4, -0.2) is 17.9 Å². The van der Waals surface area contributed by atoms with Gasteiger partial charge in [-0.1, -0.05) is 58.4 Å². The first-order chi connectivity index (χ1) is 15.3. The van der Waals surface area contributed by atoms with Crippen LogP contribution in [0.2, 0.25) is 0 Å². The summed E-state index contributed by atoms with van der Waals surface area (Å²) in [4.78, 5) is 25.1. The number of halogens is 1. The molecule has 6 nitrogen and oxygen atoms in total. The van der Waals surface area contributed by atoms with E-state index < -0.39 is 17.9 Å². The fourth-order valence-corrected chi connectivity index (χ4v) is 3.80. The first kappa shape index (κ1) is 23.3. The van der Waals surface area contributed by atoms with Crippen LogP contribution in [0.1, 0.15) is 34.0 Å². The number of hydrogen-bond donors (Lipinski definition) is 2. The highest BCUT2D eigenvalue weighted by molar-refractivity contribution is 9.10. The van der Waals surface area contributed by atoms with Crippen LogP contribution in [0.5, 0.6) is 11.5 Å². The van der Waals surface area contributed by atoms with E-state index in [0.29, 0.717) is 23.7 Å². The zero-order chi connectivity index (χ0) is 23.1. The van der Waals surface area contributed by atoms with Gasteiger partial charge in [0.25, 0.3) is 11.8 Å². The SMILES string of the molecule is Cc1cc(Br)cc(C)c1OC(C)C(=O)NNC(=O)c1ccccc1OCc1ccccc1. The summed E-state index contributed by atoms with van der Waals surface area (Å²) in [6.45, 7) is 5.77. The van der Waals surface area contributed by atoms with Crippen LogP contribution in [0.3, 0.4) is 0 Å². The topological polar surface area (TPSA) is 76.7 Å². The van der Waals surface area contributed by atoms with Gasteiger partial charge >= 0.3 is 0 Å². The van der Waals surface area contributed by atoms with E-state index in [2.05, 4.69) is 26.8 Å². The smallest absolute Gasteiger partial charge is 0.279 e. The Balaban J connectivity index is 1.59. The van der Waals surface area contributed by atoms with E-state index in [-0.39, 0.29) is 0 Å². The molecule has 7 heteroatoms. The summed E-state index contributed by atoms with van der Waals surface area (Å²) < 4.78 is 12.6. The zero-order valence-electron chi connectivity index (χ0n) is 18.1. The van der Waals surface area contributed by atoms with Crippen molar-refractivity contribution in [1.82, 2.24) is 10.9 Å². The van der Waals surface area contributed by atoms with Crippen molar-refractivity contribution in [3.63, 3.8) is 0 Å². The van der Waals surface area contributed by atoms with Crippen LogP contribution in [0.4, 0.5) is 0 Å². The molecule has 0 aliphatic rings. The molecule has 3 aromatic rings. The molecule has 0 heterocycles. The number of carbonyl (C=O) groups excluding carboxylic acids is 2. The third kappa shape index (κ3) is 6.11. The Hall–Kier alpha value is -3.32. The maximum absolute atomic E-state index is 12.7. The van der Waals surface area contributed by atoms with Crippen LogP contribution < -0.4 is 20.3 Å². The van der Waals surface area contributed by atoms with Gasteiger partial charge in [0.15, 0.2) is 6.10 Å². The number of benzene rings is 3. The van der Waals surface area contributed by atoms with Crippen molar-refractivity contribution in [2.45, 2.75) is 33.5 Å². The summed E-state index contributed by atoms with van der Waals surface area (Å²) in [5, 5.41) is 0. The molecule has 1 unspecified atom stereocenters. The number of carbonyl (C=O) groups is 2. The van der Waals surface area contributed by atoms with Crippen molar-refractivity contribution < 1.29 is 19.1 Å². The maximum atomic E-state index is 12.7. The van der Waals surface area contributed by atoms with Crippen molar-refractivity contribution in [2.24, 2.45) is 0 Å². The minimum atomic E-state index is -0.807. The van der Waals surface area contributed by atoms with Crippen molar-refractivity contribution in [3.8, 4) is 11.5 Å². The lowest BCUT2D eigenvalue weighted by Gasteiger charge is -2.19. The molecular formula is C25H25BrN2O4. The number of amides is 2. The summed E-state index contributed by atoms with van der Waals surface area (Å²) in [5.41, 5.74) is 7.98. The quantitative estimate of drug-likeness (QED) is 0.457. The molecule has 0 saturated heterocycles. The Labute approximate surface area is 196 Å². The Morgan fingerprint density at radius 3 is 2.25 bits per heavy atom. The van der Waals surface area contributed by atoms with Crippen LogP contribution in [-0.2, 0) is 11.4 Å². The van der Waals surface area contributed by atoms with Crippen LogP contribution in [0, 0.1) is 13.8 Å². The number of hydrazine groups is 1. The number of rotatable bonds is 7. The van der Waals surface area contributed by atoms with Crippen molar-refractivity contribution in [3.05, 3.63) is 93.5 Å². The molecule has 2 amide bonds. The van der Waals surface area contributed by atoms with E-state index in [1.165, 1.54) is 0 Å². The fraction of sp³-hybridized carbons (Fsp3) is 0.200. The molecule has 0 fully saturated rings. The average Bonchev–Trinajstić information content (AvgIpc) is 2.79. The van der Waals surface area contributed by atoms with E-state index in [1.807, 2.05) is 56.3 Å². The number of hydrogen-bond acceptors (Lipinski definition) is 4. The molecule has 0 saturated carbocycles. The van der Waals surface area contributed by atoms with Crippen molar-refractivity contribution in [1.29, 1.82) is 0 Å². The summed E-state index contributed by atoms with van der Waals surface area (Å²) in [7, 11) is 0. The molecule has 166 valence electrons. The largest absolute Gasteiger partial charge is 0.488 e. The van der Waals surface area contributed by atoms with Gasteiger partial charge in [0, 0.05) is 4.47 Å². The number of nitrogens with one attached hydrogen (secondary N) is 2. The van der Waals surface area contributed by atoms with E-state index in [9.17, 15) is 9.59 Å². The summed E-state index contributed by atoms with van der Waals surface area (Å²) in [6, 6.07) is 20.4. The Bertz CT molecular complexity index is 1080. The molecule has 1 atom stereocenters. The molecule has 0 aliphatic heterocycles. The monoisotopic (exact) mass is 496 g/mol. The van der Waals surface area contributed by atoms with E-state index in [1.54, 1.807) is 31.2 Å². The maximum Gasteiger partial charge on any atom is 0.279 e. The first-order valence-corrected chi connectivity index (χ1v) is 10.9. The van der Waals surface area contributed by atoms with Crippen molar-refractivity contribution >= 4 is 27.7 Å². The van der Waals surface area contributed by atoms with Gasteiger partial charge in [0.1, 0.15) is 18.1 Å². The summed E-state index contributed by atoms with van der Waals surface area (Å²) in [6.07, 6.45) is -0.807. The lowest BCUT2D eigenvalue weighted by Crippen LogP contribution is -2.47. The van der Waals surface area contributed by atoms with E-state index in [0.717, 1.165) is 21.2 Å². The zero-order valence-corrected chi connectivity index (χ0v) is 19.7. The lowest BCUT2D eigenvalue weighted by atomic mass is 10.1. The molecule has 0 radical (unpaired) electrons. The molecule has 0 aliphatic carbocycles. The average molecular weight is 497 g/mol. The number of ether oxygens (including phenoxy) is 2. The molecule has 32 heavy (non-hydrogen) atoms. The molecule has 2 N–H and O–H groups in total. The Morgan fingerprint density at radius 2 is 1.56 bits per heavy atom. The number of para-hydroxylation sites is 1. The summed E-state index contributed by atoms with van der Waals surface area (Å²) in [5.74, 6) is 0.114. The van der Waals surface area contributed by atoms with E-state index >= 15 is 0 Å². The lowest BCUT2D eigenvalue weighted by molar-refractivity contribution is -0.128. The second-order valence-electron chi connectivity index (χ2n) is 7.34. The minimum Gasteiger partial charge on any atom is -0.488 e. The highest BCUT2D eigenvalue weighted by Crippen LogP contribution is 2.28. The van der Waals surface area contributed by atoms with Gasteiger partial charge in [-0.25, -0.2) is 0 Å². The standard InChI is InChI=1S/C25H25BrN2O4/c1-16-13-20(26)14-17(2)23(16)32-18(3)24(29)27-28-25(30)21-11-7-8-12-22(21)31-15-19-9-5-4-6-10-19/h4-14,18H,15H2,1-3H3,(H,27,29)(H,28,30). The fourth-order valence-electron chi connectivity index (χ4n) is 3.12. The second kappa shape index (κ2) is 10.8. The molecule has 3 aromatic carbocycles. The van der Waals surface area contributed by atoms with E-state index in [4.69, 9.17) is 9.47 Å². The third-order valence-corrected chi connectivity index (χ3v) is 5.21. The van der Waals surface area contributed by atoms with Gasteiger partial charge in [-0.05, 0) is 61.7 Å². The third-order valence-electron chi connectivity index (χ3n) is 4.76. The first-order valence-electron chi connectivity index (χ1n) is 10.1. The summed E-state index contributed by atoms with van der Waals surface area (Å²) >= 11 is 3.44. The van der Waals surface area contributed by atoms with Gasteiger partial charge in [0.05, 0.1) is 5.56 Å². The van der Waals surface area contributed by atoms with Crippen LogP contribution >= 0.6 is 15.9 Å². The molecule has 0 spiro atoms. The second-order valence-corrected chi connectivity index (χ2v) is 8.26. The molecule has 3 rings (SSSR count). The minimum absolute atomic E-state index is 0.317. The predicted molar refractivity (Wildman–Crippen MR) is 127 cm³/mol. The van der Waals surface area contributed by atoms with Crippen LogP contribution in [0.25, 0.3) is 0 Å². The van der Waals surface area contributed by atoms with Gasteiger partial charge in [-0.3, -0.25) is 20.4 Å². The highest BCUT2D eigenvalue weighted by atomic mass is 79.9. The number of aryl methyl sites for hydroxylation is 2. The Kier molecular flexibility index (Phi) is 7.89. The van der Waals surface area contributed by atoms with Gasteiger partial charge < -0.3 is 9.47 Å².